The summed E-state index contributed by atoms with van der Waals surface area (Å²) in [5.74, 6) is -1.26. The maximum atomic E-state index is 12.0. The Morgan fingerprint density at radius 2 is 1.96 bits per heavy atom. The lowest BCUT2D eigenvalue weighted by atomic mass is 10.0. The van der Waals surface area contributed by atoms with Gasteiger partial charge in [-0.1, -0.05) is 12.1 Å². The van der Waals surface area contributed by atoms with Crippen LogP contribution in [0.3, 0.4) is 0 Å². The van der Waals surface area contributed by atoms with Crippen LogP contribution in [0.1, 0.15) is 16.7 Å². The van der Waals surface area contributed by atoms with Gasteiger partial charge in [0.2, 0.25) is 5.91 Å². The molecule has 7 nitrogen and oxygen atoms in total. The van der Waals surface area contributed by atoms with Crippen LogP contribution in [0.15, 0.2) is 22.8 Å². The molecule has 2 aromatic rings. The van der Waals surface area contributed by atoms with Gasteiger partial charge in [-0.25, -0.2) is 0 Å². The van der Waals surface area contributed by atoms with E-state index in [-0.39, 0.29) is 18.9 Å². The molecular weight excluding hydrogens is 324 g/mol. The Labute approximate surface area is 145 Å². The number of hydrogen-bond donors (Lipinski definition) is 1. The van der Waals surface area contributed by atoms with Crippen LogP contribution in [0.4, 0.5) is 0 Å². The maximum absolute atomic E-state index is 12.0. The fourth-order valence-electron chi connectivity index (χ4n) is 2.37. The minimum absolute atomic E-state index is 0.0158. The molecule has 0 bridgehead atoms. The summed E-state index contributed by atoms with van der Waals surface area (Å²) in [7, 11) is 2.96. The van der Waals surface area contributed by atoms with Crippen LogP contribution >= 0.6 is 0 Å². The van der Waals surface area contributed by atoms with Crippen molar-refractivity contribution in [2.75, 3.05) is 27.2 Å². The maximum Gasteiger partial charge on any atom is 0.310 e. The fourth-order valence-corrected chi connectivity index (χ4v) is 2.37. The lowest BCUT2D eigenvalue weighted by Gasteiger charge is -2.15. The van der Waals surface area contributed by atoms with Crippen LogP contribution in [0, 0.1) is 13.8 Å². The van der Waals surface area contributed by atoms with E-state index in [4.69, 9.17) is 9.15 Å². The van der Waals surface area contributed by atoms with Gasteiger partial charge in [0.15, 0.2) is 6.61 Å². The average Bonchev–Trinajstić information content (AvgIpc) is 2.99. The molecule has 0 fully saturated rings. The smallest absolute Gasteiger partial charge is 0.310 e. The van der Waals surface area contributed by atoms with Gasteiger partial charge >= 0.3 is 5.97 Å². The number of esters is 1. The molecule has 0 atom stereocenters. The number of hydrogen-bond acceptors (Lipinski definition) is 5. The highest BCUT2D eigenvalue weighted by molar-refractivity contribution is 5.89. The van der Waals surface area contributed by atoms with Crippen LogP contribution < -0.4 is 5.32 Å². The molecule has 1 aromatic heterocycles. The summed E-state index contributed by atoms with van der Waals surface area (Å²) < 4.78 is 10.6. The largest absolute Gasteiger partial charge is 0.464 e. The van der Waals surface area contributed by atoms with Gasteiger partial charge in [-0.05, 0) is 25.0 Å². The highest BCUT2D eigenvalue weighted by Crippen LogP contribution is 2.26. The Morgan fingerprint density at radius 3 is 2.64 bits per heavy atom. The molecule has 25 heavy (non-hydrogen) atoms. The Hall–Kier alpha value is -2.83. The Kier molecular flexibility index (Phi) is 5.80. The Morgan fingerprint density at radius 1 is 1.24 bits per heavy atom. The van der Waals surface area contributed by atoms with Gasteiger partial charge in [-0.2, -0.15) is 0 Å². The van der Waals surface area contributed by atoms with E-state index in [1.807, 2.05) is 26.0 Å². The number of fused-ring (bicyclic) bond motifs is 1. The number of ether oxygens (including phenoxy) is 1. The fraction of sp³-hybridized carbons (Fsp3) is 0.389. The number of nitrogens with one attached hydrogen (secondary N) is 1. The molecule has 2 amide bonds. The molecule has 0 radical (unpaired) electrons. The van der Waals surface area contributed by atoms with Crippen molar-refractivity contribution in [3.05, 3.63) is 35.1 Å². The minimum atomic E-state index is -0.525. The van der Waals surface area contributed by atoms with E-state index in [0.717, 1.165) is 22.1 Å². The van der Waals surface area contributed by atoms with Crippen molar-refractivity contribution in [2.45, 2.75) is 20.3 Å². The average molecular weight is 346 g/mol. The summed E-state index contributed by atoms with van der Waals surface area (Å²) in [6.45, 7) is 3.47. The standard InChI is InChI=1S/C18H22N2O5/c1-11-5-6-14-13(9-25-18(14)12(11)2)7-17(23)24-10-16(22)20(4)8-15(21)19-3/h5-6,9H,7-8,10H2,1-4H3,(H,19,21). The van der Waals surface area contributed by atoms with Gasteiger partial charge in [0.25, 0.3) is 5.91 Å². The summed E-state index contributed by atoms with van der Waals surface area (Å²) in [5, 5.41) is 3.28. The van der Waals surface area contributed by atoms with E-state index in [1.165, 1.54) is 25.3 Å². The first kappa shape index (κ1) is 18.5. The number of carbonyl (C=O) groups excluding carboxylic acids is 3. The van der Waals surface area contributed by atoms with Crippen LogP contribution in [0.2, 0.25) is 0 Å². The summed E-state index contributed by atoms with van der Waals surface area (Å²) in [5.41, 5.74) is 3.61. The van der Waals surface area contributed by atoms with Gasteiger partial charge in [0.05, 0.1) is 19.2 Å². The van der Waals surface area contributed by atoms with Crippen molar-refractivity contribution in [1.29, 1.82) is 0 Å². The minimum Gasteiger partial charge on any atom is -0.464 e. The van der Waals surface area contributed by atoms with Crippen LogP contribution in [0.5, 0.6) is 0 Å². The number of benzene rings is 1. The molecule has 7 heteroatoms. The molecule has 0 spiro atoms. The topological polar surface area (TPSA) is 88.9 Å². The molecule has 2 rings (SSSR count). The second kappa shape index (κ2) is 7.83. The lowest BCUT2D eigenvalue weighted by Crippen LogP contribution is -2.39. The number of likely N-dealkylation sites (N-methyl/N-ethyl adjacent to an activating group) is 2. The third kappa shape index (κ3) is 4.37. The third-order valence-corrected chi connectivity index (χ3v) is 4.12. The number of carbonyl (C=O) groups is 3. The zero-order valence-corrected chi connectivity index (χ0v) is 14.8. The Bertz CT molecular complexity index is 809. The molecule has 0 aliphatic carbocycles. The first-order valence-electron chi connectivity index (χ1n) is 7.90. The second-order valence-electron chi connectivity index (χ2n) is 5.91. The molecule has 0 aliphatic rings. The van der Waals surface area contributed by atoms with E-state index in [2.05, 4.69) is 5.32 Å². The predicted octanol–water partition coefficient (Wildman–Crippen LogP) is 1.34. The first-order chi connectivity index (χ1) is 11.8. The number of amides is 2. The molecule has 0 saturated carbocycles. The summed E-state index contributed by atoms with van der Waals surface area (Å²) >= 11 is 0. The molecule has 134 valence electrons. The van der Waals surface area contributed by atoms with Crippen molar-refractivity contribution >= 4 is 28.8 Å². The van der Waals surface area contributed by atoms with Crippen molar-refractivity contribution in [1.82, 2.24) is 10.2 Å². The van der Waals surface area contributed by atoms with Gasteiger partial charge in [0, 0.05) is 25.0 Å². The zero-order valence-electron chi connectivity index (χ0n) is 14.8. The molecule has 1 N–H and O–H groups in total. The summed E-state index contributed by atoms with van der Waals surface area (Å²) in [6, 6.07) is 3.88. The number of nitrogens with zero attached hydrogens (tertiary/aromatic N) is 1. The van der Waals surface area contributed by atoms with Crippen molar-refractivity contribution in [2.24, 2.45) is 0 Å². The van der Waals surface area contributed by atoms with Crippen LogP contribution in [-0.2, 0) is 25.5 Å². The van der Waals surface area contributed by atoms with Crippen molar-refractivity contribution in [3.8, 4) is 0 Å². The SMILES string of the molecule is CNC(=O)CN(C)C(=O)COC(=O)Cc1coc2c(C)c(C)ccc12. The zero-order chi connectivity index (χ0) is 18.6. The second-order valence-corrected chi connectivity index (χ2v) is 5.91. The van der Waals surface area contributed by atoms with Gasteiger partial charge in [0.1, 0.15) is 5.58 Å². The van der Waals surface area contributed by atoms with E-state index < -0.39 is 18.5 Å². The van der Waals surface area contributed by atoms with Gasteiger partial charge in [-0.3, -0.25) is 14.4 Å². The Balaban J connectivity index is 1.94. The first-order valence-corrected chi connectivity index (χ1v) is 7.90. The van der Waals surface area contributed by atoms with E-state index in [1.54, 1.807) is 0 Å². The molecular formula is C18H22N2O5. The molecule has 1 heterocycles. The van der Waals surface area contributed by atoms with Gasteiger partial charge in [-0.15, -0.1) is 0 Å². The normalized spacial score (nSPS) is 10.6. The van der Waals surface area contributed by atoms with Crippen molar-refractivity contribution in [3.63, 3.8) is 0 Å². The highest BCUT2D eigenvalue weighted by atomic mass is 16.5. The third-order valence-electron chi connectivity index (χ3n) is 4.12. The number of furan rings is 1. The lowest BCUT2D eigenvalue weighted by molar-refractivity contribution is -0.151. The van der Waals surface area contributed by atoms with E-state index in [9.17, 15) is 14.4 Å². The van der Waals surface area contributed by atoms with Crippen LogP contribution in [0.25, 0.3) is 11.0 Å². The van der Waals surface area contributed by atoms with Crippen LogP contribution in [-0.4, -0.2) is 49.9 Å². The number of aryl methyl sites for hydroxylation is 2. The molecule has 1 aromatic carbocycles. The predicted molar refractivity (Wildman–Crippen MR) is 92.1 cm³/mol. The van der Waals surface area contributed by atoms with E-state index in [0.29, 0.717) is 5.56 Å². The monoisotopic (exact) mass is 346 g/mol. The summed E-state index contributed by atoms with van der Waals surface area (Å²) in [6.07, 6.45) is 1.56. The highest BCUT2D eigenvalue weighted by Gasteiger charge is 2.17. The van der Waals surface area contributed by atoms with Crippen molar-refractivity contribution < 1.29 is 23.5 Å². The molecule has 0 saturated heterocycles. The van der Waals surface area contributed by atoms with Gasteiger partial charge < -0.3 is 19.4 Å². The molecule has 0 unspecified atom stereocenters. The number of rotatable bonds is 6. The quantitative estimate of drug-likeness (QED) is 0.798. The van der Waals surface area contributed by atoms with E-state index >= 15 is 0 Å². The molecule has 0 aliphatic heterocycles. The summed E-state index contributed by atoms with van der Waals surface area (Å²) in [4.78, 5) is 36.3.